The molecule has 0 aliphatic carbocycles. The fourth-order valence-corrected chi connectivity index (χ4v) is 3.40. The molecule has 3 rings (SSSR count). The van der Waals surface area contributed by atoms with E-state index in [0.717, 1.165) is 24.3 Å². The molecule has 1 saturated heterocycles. The Bertz CT molecular complexity index is 1020. The number of benzene rings is 2. The topological polar surface area (TPSA) is 50.8 Å². The highest BCUT2D eigenvalue weighted by Gasteiger charge is 2.44. The first-order chi connectivity index (χ1) is 15.8. The highest BCUT2D eigenvalue weighted by Crippen LogP contribution is 2.33. The van der Waals surface area contributed by atoms with Crippen LogP contribution in [0.3, 0.4) is 0 Å². The highest BCUT2D eigenvalue weighted by atomic mass is 35.5. The Hall–Kier alpha value is -2.57. The van der Waals surface area contributed by atoms with E-state index in [9.17, 15) is 35.5 Å². The van der Waals surface area contributed by atoms with Gasteiger partial charge >= 0.3 is 18.4 Å². The lowest BCUT2D eigenvalue weighted by molar-refractivity contribution is -0.209. The number of halogens is 8. The molecule has 0 spiro atoms. The van der Waals surface area contributed by atoms with Crippen molar-refractivity contribution in [3.63, 3.8) is 0 Å². The van der Waals surface area contributed by atoms with Crippen molar-refractivity contribution in [1.82, 2.24) is 4.90 Å². The molecule has 1 heterocycles. The third kappa shape index (κ3) is 6.97. The molecule has 1 amide bonds. The molecule has 1 aliphatic heterocycles. The van der Waals surface area contributed by atoms with Crippen LogP contribution in [-0.2, 0) is 15.7 Å². The number of alkyl halides is 6. The normalized spacial score (nSPS) is 18.4. The third-order valence-electron chi connectivity index (χ3n) is 4.94. The van der Waals surface area contributed by atoms with Gasteiger partial charge in [-0.05, 0) is 35.9 Å². The van der Waals surface area contributed by atoms with Crippen LogP contribution in [0.15, 0.2) is 42.5 Å². The summed E-state index contributed by atoms with van der Waals surface area (Å²) in [6, 6.07) is 7.43. The summed E-state index contributed by atoms with van der Waals surface area (Å²) in [5.41, 5.74) is -0.909. The van der Waals surface area contributed by atoms with Crippen LogP contribution in [0.25, 0.3) is 0 Å². The smallest absolute Gasteiger partial charge is 0.426 e. The number of rotatable bonds is 5. The molecule has 2 aromatic carbocycles. The maximum absolute atomic E-state index is 13.5. The zero-order chi connectivity index (χ0) is 25.1. The Morgan fingerprint density at radius 2 is 1.91 bits per heavy atom. The molecular formula is C21H18ClF7N2O3. The van der Waals surface area contributed by atoms with E-state index in [2.05, 4.69) is 4.74 Å². The second-order valence-electron chi connectivity index (χ2n) is 7.43. The summed E-state index contributed by atoms with van der Waals surface area (Å²) in [7, 11) is 0. The van der Waals surface area contributed by atoms with Crippen LogP contribution in [0, 0.1) is 5.82 Å². The Morgan fingerprint density at radius 3 is 2.56 bits per heavy atom. The van der Waals surface area contributed by atoms with Crippen LogP contribution in [0.4, 0.5) is 41.2 Å². The Kier molecular flexibility index (Phi) is 7.94. The summed E-state index contributed by atoms with van der Waals surface area (Å²) >= 11 is 5.52. The van der Waals surface area contributed by atoms with E-state index in [-0.39, 0.29) is 36.0 Å². The fourth-order valence-electron chi connectivity index (χ4n) is 3.28. The maximum Gasteiger partial charge on any atom is 0.426 e. The van der Waals surface area contributed by atoms with Gasteiger partial charge in [0.15, 0.2) is 0 Å². The van der Waals surface area contributed by atoms with Gasteiger partial charge in [0.2, 0.25) is 6.10 Å². The van der Waals surface area contributed by atoms with Crippen molar-refractivity contribution in [2.45, 2.75) is 24.6 Å². The Labute approximate surface area is 194 Å². The lowest BCUT2D eigenvalue weighted by Gasteiger charge is -2.35. The van der Waals surface area contributed by atoms with Gasteiger partial charge in [0.05, 0.1) is 23.3 Å². The van der Waals surface area contributed by atoms with E-state index < -0.39 is 48.6 Å². The lowest BCUT2D eigenvalue weighted by atomic mass is 10.0. The van der Waals surface area contributed by atoms with Gasteiger partial charge in [-0.25, -0.2) is 9.18 Å². The van der Waals surface area contributed by atoms with Crippen molar-refractivity contribution in [1.29, 1.82) is 0 Å². The van der Waals surface area contributed by atoms with Crippen molar-refractivity contribution in [3.05, 3.63) is 64.4 Å². The largest absolute Gasteiger partial charge is 0.435 e. The predicted octanol–water partition coefficient (Wildman–Crippen LogP) is 6.05. The molecule has 186 valence electrons. The number of hydrogen-bond acceptors (Lipinski definition) is 4. The monoisotopic (exact) mass is 514 g/mol. The summed E-state index contributed by atoms with van der Waals surface area (Å²) in [5, 5.41) is 1.75. The first-order valence-corrected chi connectivity index (χ1v) is 10.2. The van der Waals surface area contributed by atoms with E-state index in [4.69, 9.17) is 16.3 Å². The number of amides is 1. The molecule has 0 bridgehead atoms. The van der Waals surface area contributed by atoms with Crippen LogP contribution >= 0.6 is 11.6 Å². The summed E-state index contributed by atoms with van der Waals surface area (Å²) in [4.78, 5) is 13.3. The Morgan fingerprint density at radius 1 is 1.18 bits per heavy atom. The third-order valence-corrected chi connectivity index (χ3v) is 5.25. The number of morpholine rings is 1. The van der Waals surface area contributed by atoms with E-state index >= 15 is 0 Å². The van der Waals surface area contributed by atoms with Gasteiger partial charge in [0.1, 0.15) is 5.82 Å². The summed E-state index contributed by atoms with van der Waals surface area (Å²) in [6.07, 6.45) is -14.4. The molecular weight excluding hydrogens is 497 g/mol. The zero-order valence-corrected chi connectivity index (χ0v) is 18.0. The number of hydrogen-bond donors (Lipinski definition) is 1. The molecule has 2 aromatic rings. The number of nitrogens with zero attached hydrogens (tertiary/aromatic N) is 1. The standard InChI is InChI=1S/C21H18ClF7N2O3/c22-15-5-4-14(9-16(15)23)30-19(32)34-18(21(27,28)29)11-31-6-7-33-17(10-31)12-2-1-3-13(8-12)20(24,25)26/h1-5,8-9,17-18H,6-7,10-11H2,(H,30,32)/t17-,18-/m0/s1. The molecule has 34 heavy (non-hydrogen) atoms. The van der Waals surface area contributed by atoms with Crippen LogP contribution in [0.2, 0.25) is 5.02 Å². The van der Waals surface area contributed by atoms with Gasteiger partial charge in [-0.1, -0.05) is 23.7 Å². The number of ether oxygens (including phenoxy) is 2. The van der Waals surface area contributed by atoms with E-state index in [0.29, 0.717) is 0 Å². The van der Waals surface area contributed by atoms with Gasteiger partial charge in [-0.3, -0.25) is 10.2 Å². The van der Waals surface area contributed by atoms with Gasteiger partial charge in [-0.2, -0.15) is 26.3 Å². The second-order valence-corrected chi connectivity index (χ2v) is 7.84. The second kappa shape index (κ2) is 10.4. The van der Waals surface area contributed by atoms with Crippen molar-refractivity contribution in [3.8, 4) is 0 Å². The predicted molar refractivity (Wildman–Crippen MR) is 108 cm³/mol. The minimum absolute atomic E-state index is 0.0371. The van der Waals surface area contributed by atoms with E-state index in [1.807, 2.05) is 5.32 Å². The van der Waals surface area contributed by atoms with Crippen molar-refractivity contribution < 1.29 is 45.0 Å². The average Bonchev–Trinajstić information content (AvgIpc) is 2.75. The van der Waals surface area contributed by atoms with Gasteiger partial charge < -0.3 is 9.47 Å². The molecule has 1 aliphatic rings. The van der Waals surface area contributed by atoms with Crippen molar-refractivity contribution in [2.24, 2.45) is 0 Å². The van der Waals surface area contributed by atoms with E-state index in [1.54, 1.807) is 0 Å². The van der Waals surface area contributed by atoms with Gasteiger partial charge in [0.25, 0.3) is 0 Å². The van der Waals surface area contributed by atoms with Crippen LogP contribution in [0.1, 0.15) is 17.2 Å². The molecule has 1 N–H and O–H groups in total. The summed E-state index contributed by atoms with van der Waals surface area (Å²) in [5.74, 6) is -0.888. The quantitative estimate of drug-likeness (QED) is 0.494. The first-order valence-electron chi connectivity index (χ1n) is 9.83. The van der Waals surface area contributed by atoms with Crippen molar-refractivity contribution in [2.75, 3.05) is 31.6 Å². The number of carbonyl (C=O) groups excluding carboxylic acids is 1. The van der Waals surface area contributed by atoms with E-state index in [1.165, 1.54) is 23.1 Å². The number of nitrogens with one attached hydrogen (secondary N) is 1. The fraction of sp³-hybridized carbons (Fsp3) is 0.381. The molecule has 1 fully saturated rings. The average molecular weight is 515 g/mol. The molecule has 0 aromatic heterocycles. The number of carbonyl (C=O) groups is 1. The van der Waals surface area contributed by atoms with Crippen LogP contribution < -0.4 is 5.32 Å². The first kappa shape index (κ1) is 26.0. The molecule has 13 heteroatoms. The zero-order valence-electron chi connectivity index (χ0n) is 17.2. The highest BCUT2D eigenvalue weighted by molar-refractivity contribution is 6.30. The van der Waals surface area contributed by atoms with Crippen LogP contribution in [0.5, 0.6) is 0 Å². The molecule has 2 atom stereocenters. The minimum atomic E-state index is -4.94. The SMILES string of the molecule is O=C(Nc1ccc(Cl)c(F)c1)O[C@@H](CN1CCO[C@H](c2cccc(C(F)(F)F)c2)C1)C(F)(F)F. The Balaban J connectivity index is 1.66. The molecule has 0 radical (unpaired) electrons. The molecule has 5 nitrogen and oxygen atoms in total. The van der Waals surface area contributed by atoms with Crippen LogP contribution in [-0.4, -0.2) is 49.5 Å². The molecule has 0 saturated carbocycles. The summed E-state index contributed by atoms with van der Waals surface area (Å²) in [6.45, 7) is -0.927. The van der Waals surface area contributed by atoms with Gasteiger partial charge in [0, 0.05) is 25.3 Å². The maximum atomic E-state index is 13.5. The minimum Gasteiger partial charge on any atom is -0.435 e. The van der Waals surface area contributed by atoms with Crippen molar-refractivity contribution >= 4 is 23.4 Å². The lowest BCUT2D eigenvalue weighted by Crippen LogP contribution is -2.48. The summed E-state index contributed by atoms with van der Waals surface area (Å²) < 4.78 is 103. The number of anilines is 1. The van der Waals surface area contributed by atoms with Gasteiger partial charge in [-0.15, -0.1) is 0 Å². The molecule has 0 unspecified atom stereocenters.